The summed E-state index contributed by atoms with van der Waals surface area (Å²) in [7, 11) is 1.60. The van der Waals surface area contributed by atoms with Gasteiger partial charge in [-0.15, -0.1) is 0 Å². The van der Waals surface area contributed by atoms with Crippen molar-refractivity contribution >= 4 is 11.6 Å². The number of rotatable bonds is 5. The van der Waals surface area contributed by atoms with Crippen LogP contribution >= 0.6 is 11.6 Å². The van der Waals surface area contributed by atoms with Gasteiger partial charge in [-0.25, -0.2) is 0 Å². The summed E-state index contributed by atoms with van der Waals surface area (Å²) >= 11 is 6.12. The molecule has 2 N–H and O–H groups in total. The summed E-state index contributed by atoms with van der Waals surface area (Å²) in [5.74, 6) is 1.34. The summed E-state index contributed by atoms with van der Waals surface area (Å²) in [5, 5.41) is 0.532. The fourth-order valence-corrected chi connectivity index (χ4v) is 2.00. The van der Waals surface area contributed by atoms with Crippen molar-refractivity contribution in [3.05, 3.63) is 58.6 Å². The number of hydrogen-bond acceptors (Lipinski definition) is 3. The number of hydrogen-bond donors (Lipinski definition) is 1. The van der Waals surface area contributed by atoms with Crippen LogP contribution < -0.4 is 15.2 Å². The zero-order valence-corrected chi connectivity index (χ0v) is 11.5. The highest BCUT2D eigenvalue weighted by molar-refractivity contribution is 6.32. The molecule has 0 aromatic heterocycles. The third-order valence-electron chi connectivity index (χ3n) is 2.86. The second kappa shape index (κ2) is 6.45. The van der Waals surface area contributed by atoms with Gasteiger partial charge >= 0.3 is 0 Å². The second-order valence-electron chi connectivity index (χ2n) is 4.06. The van der Waals surface area contributed by atoms with Gasteiger partial charge in [-0.05, 0) is 23.3 Å². The molecule has 0 aliphatic heterocycles. The zero-order chi connectivity index (χ0) is 13.7. The molecule has 19 heavy (non-hydrogen) atoms. The van der Waals surface area contributed by atoms with Gasteiger partial charge in [0.15, 0.2) is 0 Å². The van der Waals surface area contributed by atoms with E-state index in [1.807, 2.05) is 30.3 Å². The first kappa shape index (κ1) is 13.7. The Bertz CT molecular complexity index is 558. The molecule has 2 aromatic carbocycles. The fourth-order valence-electron chi connectivity index (χ4n) is 1.78. The van der Waals surface area contributed by atoms with Crippen molar-refractivity contribution in [3.8, 4) is 11.5 Å². The first-order chi connectivity index (χ1) is 9.24. The number of ether oxygens (including phenoxy) is 2. The molecule has 0 saturated heterocycles. The molecule has 0 heterocycles. The molecule has 0 unspecified atom stereocenters. The Morgan fingerprint density at radius 3 is 2.47 bits per heavy atom. The van der Waals surface area contributed by atoms with E-state index in [4.69, 9.17) is 26.8 Å². The zero-order valence-electron chi connectivity index (χ0n) is 10.7. The Morgan fingerprint density at radius 2 is 1.84 bits per heavy atom. The van der Waals surface area contributed by atoms with Gasteiger partial charge in [0.1, 0.15) is 18.1 Å². The third kappa shape index (κ3) is 3.40. The van der Waals surface area contributed by atoms with Crippen LogP contribution in [-0.4, -0.2) is 7.11 Å². The van der Waals surface area contributed by atoms with Crippen molar-refractivity contribution in [1.29, 1.82) is 0 Å². The van der Waals surface area contributed by atoms with Crippen LogP contribution in [0.1, 0.15) is 11.1 Å². The lowest BCUT2D eigenvalue weighted by molar-refractivity contribution is 0.304. The maximum Gasteiger partial charge on any atom is 0.138 e. The van der Waals surface area contributed by atoms with Crippen molar-refractivity contribution in [2.75, 3.05) is 7.11 Å². The van der Waals surface area contributed by atoms with E-state index in [9.17, 15) is 0 Å². The minimum Gasteiger partial charge on any atom is -0.497 e. The molecule has 0 spiro atoms. The SMILES string of the molecule is COc1ccc(OCc2ccccc2CN)c(Cl)c1. The maximum atomic E-state index is 6.12. The molecular weight excluding hydrogens is 262 g/mol. The standard InChI is InChI=1S/C15H16ClNO2/c1-18-13-6-7-15(14(16)8-13)19-10-12-5-3-2-4-11(12)9-17/h2-8H,9-10,17H2,1H3. The van der Waals surface area contributed by atoms with Crippen LogP contribution in [0.3, 0.4) is 0 Å². The van der Waals surface area contributed by atoms with Gasteiger partial charge in [0, 0.05) is 12.6 Å². The number of halogens is 1. The summed E-state index contributed by atoms with van der Waals surface area (Å²) < 4.78 is 10.8. The minimum absolute atomic E-state index is 0.444. The van der Waals surface area contributed by atoms with Crippen LogP contribution in [-0.2, 0) is 13.2 Å². The largest absolute Gasteiger partial charge is 0.497 e. The van der Waals surface area contributed by atoms with E-state index in [0.29, 0.717) is 29.7 Å². The molecule has 0 aliphatic rings. The quantitative estimate of drug-likeness (QED) is 0.911. The first-order valence-corrected chi connectivity index (χ1v) is 6.35. The van der Waals surface area contributed by atoms with Crippen LogP contribution in [0.4, 0.5) is 0 Å². The van der Waals surface area contributed by atoms with Crippen LogP contribution in [0.5, 0.6) is 11.5 Å². The normalized spacial score (nSPS) is 10.3. The highest BCUT2D eigenvalue weighted by Gasteiger charge is 2.05. The van der Waals surface area contributed by atoms with Crippen LogP contribution in [0.2, 0.25) is 5.02 Å². The summed E-state index contributed by atoms with van der Waals surface area (Å²) in [6, 6.07) is 13.3. The summed E-state index contributed by atoms with van der Waals surface area (Å²) in [6.45, 7) is 0.940. The Balaban J connectivity index is 2.10. The van der Waals surface area contributed by atoms with Gasteiger partial charge in [0.2, 0.25) is 0 Å². The van der Waals surface area contributed by atoms with E-state index in [1.54, 1.807) is 19.2 Å². The third-order valence-corrected chi connectivity index (χ3v) is 3.16. The molecule has 3 nitrogen and oxygen atoms in total. The Morgan fingerprint density at radius 1 is 1.11 bits per heavy atom. The molecule has 0 radical (unpaired) electrons. The molecule has 0 atom stereocenters. The predicted molar refractivity (Wildman–Crippen MR) is 76.7 cm³/mol. The van der Waals surface area contributed by atoms with E-state index >= 15 is 0 Å². The summed E-state index contributed by atoms with van der Waals surface area (Å²) in [4.78, 5) is 0. The number of methoxy groups -OCH3 is 1. The van der Waals surface area contributed by atoms with Gasteiger partial charge in [-0.3, -0.25) is 0 Å². The number of nitrogens with two attached hydrogens (primary N) is 1. The van der Waals surface area contributed by atoms with Crippen LogP contribution in [0.25, 0.3) is 0 Å². The molecular formula is C15H16ClNO2. The molecule has 4 heteroatoms. The van der Waals surface area contributed by atoms with Crippen molar-refractivity contribution in [3.63, 3.8) is 0 Å². The van der Waals surface area contributed by atoms with Gasteiger partial charge in [-0.2, -0.15) is 0 Å². The lowest BCUT2D eigenvalue weighted by Crippen LogP contribution is -2.04. The first-order valence-electron chi connectivity index (χ1n) is 5.97. The van der Waals surface area contributed by atoms with E-state index in [1.165, 1.54) is 0 Å². The smallest absolute Gasteiger partial charge is 0.138 e. The van der Waals surface area contributed by atoms with Crippen molar-refractivity contribution in [2.24, 2.45) is 5.73 Å². The molecule has 0 saturated carbocycles. The molecule has 100 valence electrons. The average molecular weight is 278 g/mol. The van der Waals surface area contributed by atoms with Gasteiger partial charge < -0.3 is 15.2 Å². The molecule has 0 amide bonds. The maximum absolute atomic E-state index is 6.12. The molecule has 0 fully saturated rings. The lowest BCUT2D eigenvalue weighted by Gasteiger charge is -2.11. The van der Waals surface area contributed by atoms with E-state index < -0.39 is 0 Å². The summed E-state index contributed by atoms with van der Waals surface area (Å²) in [6.07, 6.45) is 0. The fraction of sp³-hybridized carbons (Fsp3) is 0.200. The Hall–Kier alpha value is -1.71. The second-order valence-corrected chi connectivity index (χ2v) is 4.47. The Kier molecular flexibility index (Phi) is 4.66. The summed E-state index contributed by atoms with van der Waals surface area (Å²) in [5.41, 5.74) is 7.83. The predicted octanol–water partition coefficient (Wildman–Crippen LogP) is 3.39. The van der Waals surface area contributed by atoms with Crippen molar-refractivity contribution in [2.45, 2.75) is 13.2 Å². The topological polar surface area (TPSA) is 44.5 Å². The van der Waals surface area contributed by atoms with Crippen LogP contribution in [0.15, 0.2) is 42.5 Å². The Labute approximate surface area is 117 Å². The van der Waals surface area contributed by atoms with Crippen molar-refractivity contribution < 1.29 is 9.47 Å². The van der Waals surface area contributed by atoms with E-state index in [-0.39, 0.29) is 0 Å². The highest BCUT2D eigenvalue weighted by atomic mass is 35.5. The average Bonchev–Trinajstić information content (AvgIpc) is 2.46. The molecule has 0 aliphatic carbocycles. The lowest BCUT2D eigenvalue weighted by atomic mass is 10.1. The van der Waals surface area contributed by atoms with Gasteiger partial charge in [0.05, 0.1) is 12.1 Å². The van der Waals surface area contributed by atoms with E-state index in [0.717, 1.165) is 11.1 Å². The minimum atomic E-state index is 0.444. The van der Waals surface area contributed by atoms with Crippen molar-refractivity contribution in [1.82, 2.24) is 0 Å². The molecule has 2 rings (SSSR count). The van der Waals surface area contributed by atoms with Crippen LogP contribution in [0, 0.1) is 0 Å². The molecule has 2 aromatic rings. The van der Waals surface area contributed by atoms with Gasteiger partial charge in [0.25, 0.3) is 0 Å². The van der Waals surface area contributed by atoms with E-state index in [2.05, 4.69) is 0 Å². The van der Waals surface area contributed by atoms with Gasteiger partial charge in [-0.1, -0.05) is 35.9 Å². The highest BCUT2D eigenvalue weighted by Crippen LogP contribution is 2.29. The number of benzene rings is 2. The molecule has 0 bridgehead atoms. The monoisotopic (exact) mass is 277 g/mol.